The SMILES string of the molecule is C#CCCCC(NN)c1cc(OC)c(OC)cc1OC. The standard InChI is InChI=1S/C15H22N2O3/c1-5-6-7-8-12(17-16)11-9-14(19-3)15(20-4)10-13(11)18-2/h1,9-10,12,17H,6-8,16H2,2-4H3. The number of rotatable bonds is 8. The molecular weight excluding hydrogens is 256 g/mol. The van der Waals surface area contributed by atoms with Gasteiger partial charge >= 0.3 is 0 Å². The van der Waals surface area contributed by atoms with Gasteiger partial charge in [0.1, 0.15) is 5.75 Å². The largest absolute Gasteiger partial charge is 0.496 e. The van der Waals surface area contributed by atoms with Gasteiger partial charge in [0, 0.05) is 24.1 Å². The van der Waals surface area contributed by atoms with Crippen molar-refractivity contribution < 1.29 is 14.2 Å². The molecule has 0 heterocycles. The summed E-state index contributed by atoms with van der Waals surface area (Å²) < 4.78 is 16.0. The Bertz CT molecular complexity index is 469. The van der Waals surface area contributed by atoms with Gasteiger partial charge in [-0.05, 0) is 18.9 Å². The third-order valence-corrected chi connectivity index (χ3v) is 3.13. The minimum Gasteiger partial charge on any atom is -0.496 e. The molecule has 110 valence electrons. The first-order valence-electron chi connectivity index (χ1n) is 6.41. The van der Waals surface area contributed by atoms with Crippen LogP contribution in [0.1, 0.15) is 30.9 Å². The van der Waals surface area contributed by atoms with Crippen LogP contribution in [0, 0.1) is 12.3 Å². The molecule has 1 aromatic carbocycles. The Morgan fingerprint density at radius 2 is 1.75 bits per heavy atom. The summed E-state index contributed by atoms with van der Waals surface area (Å²) in [6.45, 7) is 0. The minimum absolute atomic E-state index is 0.0573. The van der Waals surface area contributed by atoms with Crippen molar-refractivity contribution in [3.05, 3.63) is 17.7 Å². The molecule has 1 unspecified atom stereocenters. The molecule has 0 saturated carbocycles. The molecule has 0 fully saturated rings. The summed E-state index contributed by atoms with van der Waals surface area (Å²) in [6, 6.07) is 3.61. The first-order valence-corrected chi connectivity index (χ1v) is 6.41. The summed E-state index contributed by atoms with van der Waals surface area (Å²) in [5, 5.41) is 0. The third kappa shape index (κ3) is 3.80. The van der Waals surface area contributed by atoms with Crippen molar-refractivity contribution in [3.8, 4) is 29.6 Å². The molecule has 5 nitrogen and oxygen atoms in total. The quantitative estimate of drug-likeness (QED) is 0.329. The highest BCUT2D eigenvalue weighted by Crippen LogP contribution is 2.38. The van der Waals surface area contributed by atoms with E-state index in [0.29, 0.717) is 23.7 Å². The lowest BCUT2D eigenvalue weighted by molar-refractivity contribution is 0.344. The van der Waals surface area contributed by atoms with Crippen LogP contribution >= 0.6 is 0 Å². The maximum absolute atomic E-state index is 5.64. The molecule has 0 amide bonds. The number of nitrogens with one attached hydrogen (secondary N) is 1. The lowest BCUT2D eigenvalue weighted by Gasteiger charge is -2.21. The number of hydrazine groups is 1. The second-order valence-electron chi connectivity index (χ2n) is 4.26. The molecule has 5 heteroatoms. The molecule has 0 radical (unpaired) electrons. The Labute approximate surface area is 120 Å². The Morgan fingerprint density at radius 3 is 2.25 bits per heavy atom. The number of methoxy groups -OCH3 is 3. The number of nitrogens with two attached hydrogens (primary N) is 1. The Kier molecular flexibility index (Phi) is 6.71. The lowest BCUT2D eigenvalue weighted by atomic mass is 10.00. The van der Waals surface area contributed by atoms with E-state index in [1.54, 1.807) is 27.4 Å². The molecule has 0 aliphatic carbocycles. The maximum atomic E-state index is 5.64. The van der Waals surface area contributed by atoms with Crippen molar-refractivity contribution in [2.75, 3.05) is 21.3 Å². The number of unbranched alkanes of at least 4 members (excludes halogenated alkanes) is 1. The predicted octanol–water partition coefficient (Wildman–Crippen LogP) is 2.02. The number of terminal acetylenes is 1. The average molecular weight is 278 g/mol. The zero-order valence-electron chi connectivity index (χ0n) is 12.2. The summed E-state index contributed by atoms with van der Waals surface area (Å²) in [6.07, 6.45) is 7.68. The van der Waals surface area contributed by atoms with E-state index in [1.165, 1.54) is 0 Å². The molecular formula is C15H22N2O3. The number of hydrogen-bond acceptors (Lipinski definition) is 5. The van der Waals surface area contributed by atoms with Crippen molar-refractivity contribution in [1.29, 1.82) is 0 Å². The molecule has 0 aromatic heterocycles. The third-order valence-electron chi connectivity index (χ3n) is 3.13. The van der Waals surface area contributed by atoms with Crippen molar-refractivity contribution in [2.24, 2.45) is 5.84 Å². The Hall–Kier alpha value is -1.90. The maximum Gasteiger partial charge on any atom is 0.164 e. The summed E-state index contributed by atoms with van der Waals surface area (Å²) in [5.41, 5.74) is 3.72. The number of hydrogen-bond donors (Lipinski definition) is 2. The fraction of sp³-hybridized carbons (Fsp3) is 0.467. The second-order valence-corrected chi connectivity index (χ2v) is 4.26. The van der Waals surface area contributed by atoms with Gasteiger partial charge in [0.25, 0.3) is 0 Å². The molecule has 1 aromatic rings. The number of ether oxygens (including phenoxy) is 3. The molecule has 0 aliphatic rings. The van der Waals surface area contributed by atoms with Crippen molar-refractivity contribution in [1.82, 2.24) is 5.43 Å². The van der Waals surface area contributed by atoms with Gasteiger partial charge in [0.15, 0.2) is 11.5 Å². The van der Waals surface area contributed by atoms with E-state index in [-0.39, 0.29) is 6.04 Å². The normalized spacial score (nSPS) is 11.6. The van der Waals surface area contributed by atoms with E-state index in [4.69, 9.17) is 26.5 Å². The molecule has 3 N–H and O–H groups in total. The molecule has 0 saturated heterocycles. The van der Waals surface area contributed by atoms with Crippen LogP contribution in [0.4, 0.5) is 0 Å². The zero-order chi connectivity index (χ0) is 15.0. The van der Waals surface area contributed by atoms with Gasteiger partial charge in [-0.2, -0.15) is 0 Å². The monoisotopic (exact) mass is 278 g/mol. The number of benzene rings is 1. The smallest absolute Gasteiger partial charge is 0.164 e. The summed E-state index contributed by atoms with van der Waals surface area (Å²) in [5.74, 6) is 10.2. The minimum atomic E-state index is -0.0573. The van der Waals surface area contributed by atoms with E-state index in [0.717, 1.165) is 18.4 Å². The molecule has 1 atom stereocenters. The summed E-state index contributed by atoms with van der Waals surface area (Å²) in [7, 11) is 4.79. The Morgan fingerprint density at radius 1 is 1.15 bits per heavy atom. The highest BCUT2D eigenvalue weighted by atomic mass is 16.5. The van der Waals surface area contributed by atoms with Gasteiger partial charge in [-0.3, -0.25) is 11.3 Å². The predicted molar refractivity (Wildman–Crippen MR) is 78.8 cm³/mol. The fourth-order valence-electron chi connectivity index (χ4n) is 2.06. The highest BCUT2D eigenvalue weighted by Gasteiger charge is 2.18. The lowest BCUT2D eigenvalue weighted by Crippen LogP contribution is -2.28. The van der Waals surface area contributed by atoms with E-state index in [2.05, 4.69) is 11.3 Å². The zero-order valence-corrected chi connectivity index (χ0v) is 12.2. The molecule has 0 spiro atoms. The van der Waals surface area contributed by atoms with Crippen LogP contribution in [0.25, 0.3) is 0 Å². The van der Waals surface area contributed by atoms with Crippen LogP contribution < -0.4 is 25.5 Å². The van der Waals surface area contributed by atoms with Gasteiger partial charge in [0.05, 0.1) is 21.3 Å². The van der Waals surface area contributed by atoms with Gasteiger partial charge < -0.3 is 14.2 Å². The van der Waals surface area contributed by atoms with Gasteiger partial charge in [-0.25, -0.2) is 0 Å². The summed E-state index contributed by atoms with van der Waals surface area (Å²) in [4.78, 5) is 0. The molecule has 0 bridgehead atoms. The van der Waals surface area contributed by atoms with Crippen LogP contribution in [-0.4, -0.2) is 21.3 Å². The first-order chi connectivity index (χ1) is 9.71. The first kappa shape index (κ1) is 16.2. The van der Waals surface area contributed by atoms with Gasteiger partial charge in [0.2, 0.25) is 0 Å². The van der Waals surface area contributed by atoms with E-state index in [1.807, 2.05) is 6.07 Å². The van der Waals surface area contributed by atoms with Crippen LogP contribution in [-0.2, 0) is 0 Å². The van der Waals surface area contributed by atoms with Crippen LogP contribution in [0.2, 0.25) is 0 Å². The molecule has 0 aliphatic heterocycles. The van der Waals surface area contributed by atoms with Crippen molar-refractivity contribution in [2.45, 2.75) is 25.3 Å². The van der Waals surface area contributed by atoms with E-state index in [9.17, 15) is 0 Å². The van der Waals surface area contributed by atoms with E-state index >= 15 is 0 Å². The molecule has 1 rings (SSSR count). The highest BCUT2D eigenvalue weighted by molar-refractivity contribution is 5.51. The van der Waals surface area contributed by atoms with Crippen LogP contribution in [0.15, 0.2) is 12.1 Å². The van der Waals surface area contributed by atoms with Gasteiger partial charge in [-0.1, -0.05) is 0 Å². The topological polar surface area (TPSA) is 65.7 Å². The van der Waals surface area contributed by atoms with Gasteiger partial charge in [-0.15, -0.1) is 12.3 Å². The second kappa shape index (κ2) is 8.31. The van der Waals surface area contributed by atoms with Crippen LogP contribution in [0.3, 0.4) is 0 Å². The molecule has 20 heavy (non-hydrogen) atoms. The van der Waals surface area contributed by atoms with Crippen molar-refractivity contribution in [3.63, 3.8) is 0 Å². The van der Waals surface area contributed by atoms with Crippen LogP contribution in [0.5, 0.6) is 17.2 Å². The fourth-order valence-corrected chi connectivity index (χ4v) is 2.06. The average Bonchev–Trinajstić information content (AvgIpc) is 2.50. The van der Waals surface area contributed by atoms with Crippen molar-refractivity contribution >= 4 is 0 Å². The summed E-state index contributed by atoms with van der Waals surface area (Å²) >= 11 is 0. The van der Waals surface area contributed by atoms with E-state index < -0.39 is 0 Å². The Balaban J connectivity index is 3.09.